The molecule has 12 heteroatoms. The van der Waals surface area contributed by atoms with Gasteiger partial charge in [-0.1, -0.05) is 211 Å². The number of anilines is 9. The van der Waals surface area contributed by atoms with Crippen LogP contribution in [0.3, 0.4) is 0 Å². The Morgan fingerprint density at radius 3 is 0.773 bits per heavy atom. The molecule has 0 bridgehead atoms. The minimum Gasteiger partial charge on any atom is -0.399 e. The summed E-state index contributed by atoms with van der Waals surface area (Å²) < 4.78 is 14.0. The maximum Gasteiger partial charge on any atom is 0.494 e. The lowest BCUT2D eigenvalue weighted by atomic mass is 9.73. The van der Waals surface area contributed by atoms with Crippen LogP contribution in [0.4, 0.5) is 51.2 Å². The molecular formula is C85H74BBr2N7O2. The first kappa shape index (κ1) is 63.5. The van der Waals surface area contributed by atoms with E-state index in [0.29, 0.717) is 0 Å². The van der Waals surface area contributed by atoms with Crippen molar-refractivity contribution in [3.05, 3.63) is 310 Å². The van der Waals surface area contributed by atoms with Crippen molar-refractivity contribution >= 4 is 118 Å². The Morgan fingerprint density at radius 2 is 0.505 bits per heavy atom. The highest BCUT2D eigenvalue weighted by Crippen LogP contribution is 2.55. The molecule has 0 unspecified atom stereocenters. The van der Waals surface area contributed by atoms with Crippen LogP contribution in [0.15, 0.2) is 276 Å². The summed E-state index contributed by atoms with van der Waals surface area (Å²) in [7, 11) is -0.348. The molecule has 2 aromatic heterocycles. The Morgan fingerprint density at radius 1 is 0.278 bits per heavy atom. The molecule has 97 heavy (non-hydrogen) atoms. The zero-order valence-corrected chi connectivity index (χ0v) is 59.4. The third-order valence-electron chi connectivity index (χ3n) is 20.4. The fourth-order valence-corrected chi connectivity index (χ4v) is 15.1. The van der Waals surface area contributed by atoms with Gasteiger partial charge in [-0.25, -0.2) is 19.9 Å². The van der Waals surface area contributed by atoms with Crippen molar-refractivity contribution in [2.24, 2.45) is 0 Å². The van der Waals surface area contributed by atoms with Gasteiger partial charge in [-0.2, -0.15) is 0 Å². The van der Waals surface area contributed by atoms with Crippen molar-refractivity contribution in [3.63, 3.8) is 0 Å². The Kier molecular flexibility index (Phi) is 16.0. The molecular weight excluding hydrogens is 1320 g/mol. The molecule has 4 aliphatic rings. The molecule has 0 N–H and O–H groups in total. The first-order valence-corrected chi connectivity index (χ1v) is 34.8. The van der Waals surface area contributed by atoms with Crippen LogP contribution in [0.25, 0.3) is 44.6 Å². The summed E-state index contributed by atoms with van der Waals surface area (Å²) in [6, 6.07) is 94.7. The summed E-state index contributed by atoms with van der Waals surface area (Å²) in [4.78, 5) is 26.2. The van der Waals surface area contributed by atoms with E-state index in [4.69, 9.17) is 19.3 Å². The smallest absolute Gasteiger partial charge is 0.399 e. The molecule has 0 aliphatic carbocycles. The van der Waals surface area contributed by atoms with Gasteiger partial charge in [-0.3, -0.25) is 0 Å². The summed E-state index contributed by atoms with van der Waals surface area (Å²) in [6.45, 7) is 22.3. The van der Waals surface area contributed by atoms with E-state index in [2.05, 4.69) is 344 Å². The highest BCUT2D eigenvalue weighted by molar-refractivity contribution is 9.13. The van der Waals surface area contributed by atoms with Gasteiger partial charge in [0.2, 0.25) is 0 Å². The van der Waals surface area contributed by atoms with Crippen molar-refractivity contribution in [1.82, 2.24) is 19.9 Å². The van der Waals surface area contributed by atoms with Crippen molar-refractivity contribution in [2.75, 3.05) is 14.7 Å². The molecule has 13 aromatic rings. The maximum atomic E-state index is 6.24. The minimum atomic E-state index is -0.348. The Bertz CT molecular complexity index is 4780. The quantitative estimate of drug-likeness (QED) is 0.151. The fourth-order valence-electron chi connectivity index (χ4n) is 14.5. The SMILES string of the molecule is Brc1nc2ccccc2nc1Br.CC1(C)c2ccccc2N(c2ccc(-c3nc4ccccc4nc3-c3ccc(N4c5ccccc5C(C)(C)c5ccccc54)cc3)cc2)c2ccccc21.CC1(C)c2ccccc2N(c2ccc(B3OC(C)(C)C(C)(C)O3)cc2)c2ccccc21. The lowest BCUT2D eigenvalue weighted by Gasteiger charge is -2.42. The maximum absolute atomic E-state index is 6.24. The largest absolute Gasteiger partial charge is 0.494 e. The predicted molar refractivity (Wildman–Crippen MR) is 408 cm³/mol. The Hall–Kier alpha value is -9.56. The zero-order chi connectivity index (χ0) is 67.2. The lowest BCUT2D eigenvalue weighted by molar-refractivity contribution is 0.00578. The topological polar surface area (TPSA) is 79.7 Å². The number of aromatic nitrogens is 4. The first-order valence-electron chi connectivity index (χ1n) is 33.2. The van der Waals surface area contributed by atoms with Gasteiger partial charge in [0.25, 0.3) is 0 Å². The second-order valence-electron chi connectivity index (χ2n) is 28.0. The number of benzene rings is 11. The number of nitrogens with zero attached hydrogens (tertiary/aromatic N) is 7. The van der Waals surface area contributed by atoms with Gasteiger partial charge in [0.15, 0.2) is 0 Å². The summed E-state index contributed by atoms with van der Waals surface area (Å²) in [5.41, 5.74) is 26.0. The van der Waals surface area contributed by atoms with Crippen LogP contribution in [-0.2, 0) is 25.6 Å². The average Bonchev–Trinajstić information content (AvgIpc) is 1.22. The third-order valence-corrected chi connectivity index (χ3v) is 22.1. The van der Waals surface area contributed by atoms with Crippen LogP contribution >= 0.6 is 31.9 Å². The number of hydrogen-bond acceptors (Lipinski definition) is 9. The Labute approximate surface area is 586 Å². The van der Waals surface area contributed by atoms with Gasteiger partial charge in [-0.05, 0) is 195 Å². The molecule has 4 aliphatic heterocycles. The van der Waals surface area contributed by atoms with E-state index >= 15 is 0 Å². The molecule has 0 spiro atoms. The highest BCUT2D eigenvalue weighted by atomic mass is 79.9. The second-order valence-corrected chi connectivity index (χ2v) is 29.5. The van der Waals surface area contributed by atoms with Crippen molar-refractivity contribution in [3.8, 4) is 22.5 Å². The van der Waals surface area contributed by atoms with E-state index in [1.807, 2.05) is 48.5 Å². The van der Waals surface area contributed by atoms with E-state index in [1.54, 1.807) is 0 Å². The van der Waals surface area contributed by atoms with Crippen LogP contribution in [-0.4, -0.2) is 38.3 Å². The zero-order valence-electron chi connectivity index (χ0n) is 56.2. The molecule has 11 aromatic carbocycles. The fraction of sp³-hybridized carbons (Fsp3) is 0.176. The van der Waals surface area contributed by atoms with Crippen molar-refractivity contribution in [2.45, 2.75) is 96.7 Å². The van der Waals surface area contributed by atoms with E-state index in [1.165, 1.54) is 67.5 Å². The van der Waals surface area contributed by atoms with Crippen LogP contribution < -0.4 is 20.2 Å². The predicted octanol–water partition coefficient (Wildman–Crippen LogP) is 22.4. The molecule has 0 amide bonds. The number of rotatable bonds is 6. The van der Waals surface area contributed by atoms with Crippen molar-refractivity contribution in [1.29, 1.82) is 0 Å². The van der Waals surface area contributed by atoms with E-state index in [0.717, 1.165) is 76.3 Å². The minimum absolute atomic E-state index is 0.0493. The summed E-state index contributed by atoms with van der Waals surface area (Å²) in [5, 5.41) is 0. The van der Waals surface area contributed by atoms with Crippen LogP contribution in [0.2, 0.25) is 0 Å². The molecule has 6 heterocycles. The molecule has 478 valence electrons. The van der Waals surface area contributed by atoms with Gasteiger partial charge < -0.3 is 24.0 Å². The van der Waals surface area contributed by atoms with Crippen LogP contribution in [0.1, 0.15) is 103 Å². The second kappa shape index (κ2) is 24.5. The van der Waals surface area contributed by atoms with Gasteiger partial charge in [0.05, 0.1) is 78.8 Å². The van der Waals surface area contributed by atoms with E-state index in [9.17, 15) is 0 Å². The molecule has 1 fully saturated rings. The molecule has 9 nitrogen and oxygen atoms in total. The molecule has 17 rings (SSSR count). The lowest BCUT2D eigenvalue weighted by Crippen LogP contribution is -2.41. The average molecular weight is 1400 g/mol. The normalized spacial score (nSPS) is 16.1. The van der Waals surface area contributed by atoms with Gasteiger partial charge in [-0.15, -0.1) is 0 Å². The third kappa shape index (κ3) is 11.1. The number of halogens is 2. The molecule has 0 saturated carbocycles. The molecule has 0 atom stereocenters. The van der Waals surface area contributed by atoms with Gasteiger partial charge >= 0.3 is 7.12 Å². The van der Waals surface area contributed by atoms with Crippen molar-refractivity contribution < 1.29 is 9.31 Å². The number of fused-ring (bicyclic) bond motifs is 8. The highest BCUT2D eigenvalue weighted by Gasteiger charge is 2.52. The standard InChI is InChI=1S/C50H40N4.C27H30BNO2.C8H4Br2N2/c1-49(2)37-15-5-11-21-43(37)53(44-22-12-6-16-38(44)49)35-29-25-33(26-30-35)47-48(52-42-20-10-9-19-41(42)51-47)34-27-31-36(32-28-34)54-45-23-13-7-17-39(45)50(3,4)40-18-8-14-24-46(40)54;1-25(2)21-11-7-9-13-23(21)29(24-14-10-8-12-22(24)25)20-17-15-19(16-18-20)28-30-26(3,4)27(5,6)31-28;9-7-8(10)12-6-4-2-1-3-5(6)11-7/h5-32H,1-4H3;7-18H,1-6H3;1-4H. The number of hydrogen-bond donors (Lipinski definition) is 0. The van der Waals surface area contributed by atoms with Gasteiger partial charge in [0, 0.05) is 44.4 Å². The van der Waals surface area contributed by atoms with Crippen LogP contribution in [0.5, 0.6) is 0 Å². The van der Waals surface area contributed by atoms with E-state index < -0.39 is 0 Å². The Balaban J connectivity index is 0.000000149. The van der Waals surface area contributed by atoms with E-state index in [-0.39, 0.29) is 34.6 Å². The molecule has 1 saturated heterocycles. The molecule has 0 radical (unpaired) electrons. The summed E-state index contributed by atoms with van der Waals surface area (Å²) in [6.07, 6.45) is 0. The monoisotopic (exact) mass is 1390 g/mol. The summed E-state index contributed by atoms with van der Waals surface area (Å²) in [5.74, 6) is 0. The number of para-hydroxylation sites is 10. The summed E-state index contributed by atoms with van der Waals surface area (Å²) >= 11 is 6.59. The van der Waals surface area contributed by atoms with Gasteiger partial charge in [0.1, 0.15) is 9.21 Å². The van der Waals surface area contributed by atoms with Crippen LogP contribution in [0, 0.1) is 0 Å². The first-order chi connectivity index (χ1) is 46.7.